The Morgan fingerprint density at radius 3 is 2.84 bits per heavy atom. The highest BCUT2D eigenvalue weighted by molar-refractivity contribution is 5.06. The van der Waals surface area contributed by atoms with Gasteiger partial charge in [-0.15, -0.1) is 0 Å². The fraction of sp³-hybridized carbons (Fsp3) is 0.800. The summed E-state index contributed by atoms with van der Waals surface area (Å²) in [5.41, 5.74) is 1.35. The molecule has 19 heavy (non-hydrogen) atoms. The second-order valence-corrected chi connectivity index (χ2v) is 6.60. The average molecular weight is 265 g/mol. The van der Waals surface area contributed by atoms with Crippen LogP contribution < -0.4 is 0 Å². The SMILES string of the molecule is CC(C)(C)n1cc(CN2CCCC2CCCO)cn1. The van der Waals surface area contributed by atoms with E-state index in [0.717, 1.165) is 19.4 Å². The summed E-state index contributed by atoms with van der Waals surface area (Å²) in [4.78, 5) is 2.54. The zero-order chi connectivity index (χ0) is 13.9. The van der Waals surface area contributed by atoms with E-state index in [1.165, 1.54) is 24.9 Å². The van der Waals surface area contributed by atoms with Crippen molar-refractivity contribution in [2.75, 3.05) is 13.2 Å². The molecule has 1 aliphatic heterocycles. The molecule has 0 spiro atoms. The minimum atomic E-state index is 0.0551. The van der Waals surface area contributed by atoms with Gasteiger partial charge >= 0.3 is 0 Å². The molecule has 1 saturated heterocycles. The zero-order valence-corrected chi connectivity index (χ0v) is 12.5. The Morgan fingerprint density at radius 1 is 1.42 bits per heavy atom. The Balaban J connectivity index is 1.94. The molecule has 0 amide bonds. The van der Waals surface area contributed by atoms with Gasteiger partial charge in [-0.25, -0.2) is 0 Å². The standard InChI is InChI=1S/C15H27N3O/c1-15(2,3)18-12-13(10-16-18)11-17-8-4-6-14(17)7-5-9-19/h10,12,14,19H,4-9,11H2,1-3H3. The number of hydrogen-bond acceptors (Lipinski definition) is 3. The molecule has 1 aliphatic rings. The van der Waals surface area contributed by atoms with Gasteiger partial charge in [0.15, 0.2) is 0 Å². The summed E-state index contributed by atoms with van der Waals surface area (Å²) >= 11 is 0. The van der Waals surface area contributed by atoms with Crippen LogP contribution in [0.15, 0.2) is 12.4 Å². The fourth-order valence-corrected chi connectivity index (χ4v) is 2.80. The number of nitrogens with zero attached hydrogens (tertiary/aromatic N) is 3. The number of aliphatic hydroxyl groups excluding tert-OH is 1. The van der Waals surface area contributed by atoms with Crippen LogP contribution in [-0.4, -0.2) is 39.0 Å². The molecule has 1 aromatic heterocycles. The third kappa shape index (κ3) is 3.80. The van der Waals surface area contributed by atoms with Crippen molar-refractivity contribution in [1.82, 2.24) is 14.7 Å². The summed E-state index contributed by atoms with van der Waals surface area (Å²) in [5.74, 6) is 0. The maximum absolute atomic E-state index is 8.96. The third-order valence-corrected chi connectivity index (χ3v) is 3.90. The lowest BCUT2D eigenvalue weighted by molar-refractivity contribution is 0.210. The Kier molecular flexibility index (Phi) is 4.63. The van der Waals surface area contributed by atoms with Gasteiger partial charge in [0.1, 0.15) is 0 Å². The Labute approximate surface area is 116 Å². The van der Waals surface area contributed by atoms with Crippen LogP contribution in [-0.2, 0) is 12.1 Å². The van der Waals surface area contributed by atoms with E-state index in [2.05, 4.69) is 37.0 Å². The first kappa shape index (κ1) is 14.5. The number of hydrogen-bond donors (Lipinski definition) is 1. The molecular weight excluding hydrogens is 238 g/mol. The molecule has 1 aromatic rings. The number of rotatable bonds is 5. The molecule has 4 heteroatoms. The predicted octanol–water partition coefficient (Wildman–Crippen LogP) is 2.38. The van der Waals surface area contributed by atoms with Crippen molar-refractivity contribution in [2.24, 2.45) is 0 Å². The molecule has 0 radical (unpaired) electrons. The molecule has 0 bridgehead atoms. The molecule has 1 N–H and O–H groups in total. The second kappa shape index (κ2) is 6.06. The van der Waals surface area contributed by atoms with Crippen LogP contribution in [0.3, 0.4) is 0 Å². The second-order valence-electron chi connectivity index (χ2n) is 6.60. The van der Waals surface area contributed by atoms with Crippen molar-refractivity contribution in [2.45, 2.75) is 64.6 Å². The lowest BCUT2D eigenvalue weighted by Crippen LogP contribution is -2.29. The highest BCUT2D eigenvalue weighted by Gasteiger charge is 2.24. The first-order valence-corrected chi connectivity index (χ1v) is 7.39. The van der Waals surface area contributed by atoms with Gasteiger partial charge in [0.2, 0.25) is 0 Å². The molecule has 4 nitrogen and oxygen atoms in total. The minimum absolute atomic E-state index is 0.0551. The van der Waals surface area contributed by atoms with Crippen LogP contribution in [0.5, 0.6) is 0 Å². The van der Waals surface area contributed by atoms with E-state index < -0.39 is 0 Å². The van der Waals surface area contributed by atoms with E-state index in [4.69, 9.17) is 5.11 Å². The van der Waals surface area contributed by atoms with Gasteiger partial charge in [0.25, 0.3) is 0 Å². The van der Waals surface area contributed by atoms with Crippen LogP contribution in [0.1, 0.15) is 52.0 Å². The molecule has 1 unspecified atom stereocenters. The van der Waals surface area contributed by atoms with E-state index >= 15 is 0 Å². The van der Waals surface area contributed by atoms with E-state index in [9.17, 15) is 0 Å². The van der Waals surface area contributed by atoms with Crippen LogP contribution in [0.25, 0.3) is 0 Å². The molecule has 1 atom stereocenters. The topological polar surface area (TPSA) is 41.3 Å². The van der Waals surface area contributed by atoms with Gasteiger partial charge in [0.05, 0.1) is 11.7 Å². The highest BCUT2D eigenvalue weighted by Crippen LogP contribution is 2.24. The molecule has 0 saturated carbocycles. The fourth-order valence-electron chi connectivity index (χ4n) is 2.80. The number of aromatic nitrogens is 2. The third-order valence-electron chi connectivity index (χ3n) is 3.90. The molecule has 108 valence electrons. The van der Waals surface area contributed by atoms with E-state index in [1.807, 2.05) is 10.9 Å². The molecule has 0 aliphatic carbocycles. The largest absolute Gasteiger partial charge is 0.396 e. The van der Waals surface area contributed by atoms with Crippen molar-refractivity contribution in [1.29, 1.82) is 0 Å². The van der Waals surface area contributed by atoms with Gasteiger partial charge in [-0.2, -0.15) is 5.10 Å². The van der Waals surface area contributed by atoms with Crippen LogP contribution >= 0.6 is 0 Å². The first-order valence-electron chi connectivity index (χ1n) is 7.39. The van der Waals surface area contributed by atoms with Crippen molar-refractivity contribution in [3.63, 3.8) is 0 Å². The van der Waals surface area contributed by atoms with Gasteiger partial charge < -0.3 is 5.11 Å². The van der Waals surface area contributed by atoms with Gasteiger partial charge in [-0.1, -0.05) is 0 Å². The monoisotopic (exact) mass is 265 g/mol. The van der Waals surface area contributed by atoms with Crippen molar-refractivity contribution in [3.8, 4) is 0 Å². The van der Waals surface area contributed by atoms with E-state index in [0.29, 0.717) is 12.6 Å². The number of likely N-dealkylation sites (tertiary alicyclic amines) is 1. The molecule has 0 aromatic carbocycles. The van der Waals surface area contributed by atoms with E-state index in [1.54, 1.807) is 0 Å². The molecule has 2 heterocycles. The number of aliphatic hydroxyl groups is 1. The summed E-state index contributed by atoms with van der Waals surface area (Å²) in [5, 5.41) is 13.4. The lowest BCUT2D eigenvalue weighted by atomic mass is 10.1. The molecule has 2 rings (SSSR count). The summed E-state index contributed by atoms with van der Waals surface area (Å²) in [6, 6.07) is 0.644. The summed E-state index contributed by atoms with van der Waals surface area (Å²) in [6.45, 7) is 8.99. The van der Waals surface area contributed by atoms with Crippen LogP contribution in [0.2, 0.25) is 0 Å². The van der Waals surface area contributed by atoms with Gasteiger partial charge in [0, 0.05) is 31.0 Å². The maximum atomic E-state index is 8.96. The summed E-state index contributed by atoms with van der Waals surface area (Å²) in [6.07, 6.45) is 8.75. The Morgan fingerprint density at radius 2 is 2.21 bits per heavy atom. The van der Waals surface area contributed by atoms with Crippen molar-refractivity contribution < 1.29 is 5.11 Å². The highest BCUT2D eigenvalue weighted by atomic mass is 16.2. The lowest BCUT2D eigenvalue weighted by Gasteiger charge is -2.23. The van der Waals surface area contributed by atoms with Crippen molar-refractivity contribution in [3.05, 3.63) is 18.0 Å². The predicted molar refractivity (Wildman–Crippen MR) is 77.0 cm³/mol. The van der Waals surface area contributed by atoms with Crippen LogP contribution in [0.4, 0.5) is 0 Å². The van der Waals surface area contributed by atoms with Gasteiger partial charge in [-0.3, -0.25) is 9.58 Å². The summed E-state index contributed by atoms with van der Waals surface area (Å²) < 4.78 is 2.04. The zero-order valence-electron chi connectivity index (χ0n) is 12.5. The van der Waals surface area contributed by atoms with Gasteiger partial charge in [-0.05, 0) is 53.0 Å². The normalized spacial score (nSPS) is 21.2. The quantitative estimate of drug-likeness (QED) is 0.888. The van der Waals surface area contributed by atoms with Crippen LogP contribution in [0, 0.1) is 0 Å². The molecular formula is C15H27N3O. The molecule has 1 fully saturated rings. The average Bonchev–Trinajstić information content (AvgIpc) is 2.95. The summed E-state index contributed by atoms with van der Waals surface area (Å²) in [7, 11) is 0. The minimum Gasteiger partial charge on any atom is -0.396 e. The Bertz CT molecular complexity index is 394. The first-order chi connectivity index (χ1) is 9.00. The van der Waals surface area contributed by atoms with E-state index in [-0.39, 0.29) is 5.54 Å². The maximum Gasteiger partial charge on any atom is 0.0543 e. The Hall–Kier alpha value is -0.870. The van der Waals surface area contributed by atoms with Crippen molar-refractivity contribution >= 4 is 0 Å². The smallest absolute Gasteiger partial charge is 0.0543 e.